The summed E-state index contributed by atoms with van der Waals surface area (Å²) < 4.78 is 24.3. The Kier molecular flexibility index (Phi) is 4.43. The van der Waals surface area contributed by atoms with Gasteiger partial charge in [0.25, 0.3) is 0 Å². The van der Waals surface area contributed by atoms with Crippen LogP contribution in [0.15, 0.2) is 53.4 Å². The number of hydrogen-bond donors (Lipinski definition) is 1. The molecule has 0 saturated heterocycles. The molecule has 0 bridgehead atoms. The van der Waals surface area contributed by atoms with E-state index in [1.807, 2.05) is 32.0 Å². The second-order valence-corrected chi connectivity index (χ2v) is 6.88. The molecule has 0 atom stereocenters. The maximum Gasteiger partial charge on any atom is 0.239 e. The fourth-order valence-corrected chi connectivity index (χ4v) is 3.23. The molecule has 2 aromatic carbocycles. The van der Waals surface area contributed by atoms with Gasteiger partial charge in [-0.1, -0.05) is 36.4 Å². The summed E-state index contributed by atoms with van der Waals surface area (Å²) in [6.07, 6.45) is 0. The third-order valence-electron chi connectivity index (χ3n) is 3.17. The van der Waals surface area contributed by atoms with Crippen LogP contribution in [0.25, 0.3) is 0 Å². The Morgan fingerprint density at radius 2 is 1.52 bits per heavy atom. The number of amides is 1. The minimum absolute atomic E-state index is 0.154. The van der Waals surface area contributed by atoms with E-state index in [1.54, 1.807) is 18.2 Å². The fourth-order valence-electron chi connectivity index (χ4n) is 2.07. The van der Waals surface area contributed by atoms with Crippen molar-refractivity contribution >= 4 is 21.4 Å². The van der Waals surface area contributed by atoms with Crippen LogP contribution in [0.1, 0.15) is 11.1 Å². The molecule has 0 aliphatic heterocycles. The fraction of sp³-hybridized carbons (Fsp3) is 0.188. The summed E-state index contributed by atoms with van der Waals surface area (Å²) in [5, 5.41) is 2.69. The van der Waals surface area contributed by atoms with Crippen LogP contribution in [-0.4, -0.2) is 20.1 Å². The second-order valence-electron chi connectivity index (χ2n) is 4.89. The summed E-state index contributed by atoms with van der Waals surface area (Å²) in [5.74, 6) is -1.10. The number of aryl methyl sites for hydroxylation is 2. The van der Waals surface area contributed by atoms with E-state index >= 15 is 0 Å². The zero-order valence-electron chi connectivity index (χ0n) is 12.0. The quantitative estimate of drug-likeness (QED) is 0.944. The van der Waals surface area contributed by atoms with E-state index in [0.29, 0.717) is 5.69 Å². The monoisotopic (exact) mass is 303 g/mol. The minimum Gasteiger partial charge on any atom is -0.325 e. The topological polar surface area (TPSA) is 63.2 Å². The first-order valence-electron chi connectivity index (χ1n) is 6.54. The predicted molar refractivity (Wildman–Crippen MR) is 83.0 cm³/mol. The first kappa shape index (κ1) is 15.3. The van der Waals surface area contributed by atoms with Gasteiger partial charge in [0.2, 0.25) is 5.91 Å². The molecule has 1 N–H and O–H groups in total. The lowest BCUT2D eigenvalue weighted by Gasteiger charge is -2.11. The molecule has 0 aromatic heterocycles. The normalized spacial score (nSPS) is 11.1. The second kappa shape index (κ2) is 6.10. The van der Waals surface area contributed by atoms with Crippen LogP contribution in [0, 0.1) is 13.8 Å². The Bertz CT molecular complexity index is 732. The van der Waals surface area contributed by atoms with Crippen LogP contribution in [-0.2, 0) is 14.6 Å². The molecule has 0 fully saturated rings. The molecular weight excluding hydrogens is 286 g/mol. The van der Waals surface area contributed by atoms with E-state index in [1.165, 1.54) is 12.1 Å². The largest absolute Gasteiger partial charge is 0.325 e. The Labute approximate surface area is 124 Å². The van der Waals surface area contributed by atoms with Crippen molar-refractivity contribution in [2.75, 3.05) is 11.1 Å². The third-order valence-corrected chi connectivity index (χ3v) is 4.80. The smallest absolute Gasteiger partial charge is 0.239 e. The van der Waals surface area contributed by atoms with Crippen molar-refractivity contribution in [1.29, 1.82) is 0 Å². The Hall–Kier alpha value is -2.14. The number of sulfone groups is 1. The maximum atomic E-state index is 12.1. The maximum absolute atomic E-state index is 12.1. The molecule has 4 nitrogen and oxygen atoms in total. The standard InChI is InChI=1S/C16H17NO3S/c1-12-7-6-8-13(2)16(12)17-15(18)11-21(19,20)14-9-4-3-5-10-14/h3-10H,11H2,1-2H3,(H,17,18). The first-order chi connectivity index (χ1) is 9.90. The van der Waals surface area contributed by atoms with Gasteiger partial charge >= 0.3 is 0 Å². The molecule has 0 aliphatic carbocycles. The number of carbonyl (C=O) groups excluding carboxylic acids is 1. The van der Waals surface area contributed by atoms with Gasteiger partial charge in [-0.05, 0) is 37.1 Å². The molecule has 0 aliphatic rings. The van der Waals surface area contributed by atoms with E-state index in [0.717, 1.165) is 11.1 Å². The molecule has 5 heteroatoms. The molecule has 0 saturated carbocycles. The van der Waals surface area contributed by atoms with E-state index in [4.69, 9.17) is 0 Å². The third kappa shape index (κ3) is 3.70. The molecule has 21 heavy (non-hydrogen) atoms. The van der Waals surface area contributed by atoms with Crippen molar-refractivity contribution in [1.82, 2.24) is 0 Å². The first-order valence-corrected chi connectivity index (χ1v) is 8.19. The number of nitrogens with one attached hydrogen (secondary N) is 1. The Morgan fingerprint density at radius 3 is 2.10 bits per heavy atom. The van der Waals surface area contributed by atoms with Gasteiger partial charge in [0.1, 0.15) is 5.75 Å². The van der Waals surface area contributed by atoms with Crippen LogP contribution in [0.2, 0.25) is 0 Å². The van der Waals surface area contributed by atoms with Crippen molar-refractivity contribution in [2.24, 2.45) is 0 Å². The van der Waals surface area contributed by atoms with Crippen molar-refractivity contribution < 1.29 is 13.2 Å². The van der Waals surface area contributed by atoms with Gasteiger partial charge in [-0.3, -0.25) is 4.79 Å². The lowest BCUT2D eigenvalue weighted by molar-refractivity contribution is -0.113. The molecule has 1 amide bonds. The van der Waals surface area contributed by atoms with Crippen molar-refractivity contribution in [3.05, 3.63) is 59.7 Å². The van der Waals surface area contributed by atoms with E-state index in [-0.39, 0.29) is 4.90 Å². The summed E-state index contributed by atoms with van der Waals surface area (Å²) in [6.45, 7) is 3.74. The summed E-state index contributed by atoms with van der Waals surface area (Å²) >= 11 is 0. The van der Waals surface area contributed by atoms with Crippen molar-refractivity contribution in [2.45, 2.75) is 18.7 Å². The molecule has 0 radical (unpaired) electrons. The number of para-hydroxylation sites is 1. The number of carbonyl (C=O) groups is 1. The number of benzene rings is 2. The highest BCUT2D eigenvalue weighted by Gasteiger charge is 2.19. The Morgan fingerprint density at radius 1 is 0.952 bits per heavy atom. The zero-order valence-corrected chi connectivity index (χ0v) is 12.8. The molecule has 0 heterocycles. The highest BCUT2D eigenvalue weighted by atomic mass is 32.2. The van der Waals surface area contributed by atoms with Gasteiger partial charge in [0.05, 0.1) is 4.90 Å². The average molecular weight is 303 g/mol. The molecule has 2 rings (SSSR count). The molecule has 0 unspecified atom stereocenters. The van der Waals surface area contributed by atoms with E-state index in [2.05, 4.69) is 5.32 Å². The van der Waals surface area contributed by atoms with Crippen molar-refractivity contribution in [3.8, 4) is 0 Å². The highest BCUT2D eigenvalue weighted by Crippen LogP contribution is 2.20. The number of hydrogen-bond acceptors (Lipinski definition) is 3. The van der Waals surface area contributed by atoms with Crippen LogP contribution >= 0.6 is 0 Å². The summed E-state index contributed by atoms with van der Waals surface area (Å²) in [6, 6.07) is 13.6. The van der Waals surface area contributed by atoms with Crippen LogP contribution < -0.4 is 5.32 Å². The van der Waals surface area contributed by atoms with Crippen LogP contribution in [0.4, 0.5) is 5.69 Å². The highest BCUT2D eigenvalue weighted by molar-refractivity contribution is 7.92. The van der Waals surface area contributed by atoms with Gasteiger partial charge in [-0.25, -0.2) is 8.42 Å². The lowest BCUT2D eigenvalue weighted by Crippen LogP contribution is -2.23. The van der Waals surface area contributed by atoms with Gasteiger partial charge in [0.15, 0.2) is 9.84 Å². The summed E-state index contributed by atoms with van der Waals surface area (Å²) in [7, 11) is -3.62. The van der Waals surface area contributed by atoms with E-state index in [9.17, 15) is 13.2 Å². The molecule has 0 spiro atoms. The van der Waals surface area contributed by atoms with E-state index < -0.39 is 21.5 Å². The van der Waals surface area contributed by atoms with Crippen molar-refractivity contribution in [3.63, 3.8) is 0 Å². The average Bonchev–Trinajstić information content (AvgIpc) is 2.43. The SMILES string of the molecule is Cc1cccc(C)c1NC(=O)CS(=O)(=O)c1ccccc1. The molecule has 110 valence electrons. The van der Waals surface area contributed by atoms with Crippen LogP contribution in [0.5, 0.6) is 0 Å². The molecular formula is C16H17NO3S. The van der Waals surface area contributed by atoms with Gasteiger partial charge in [-0.2, -0.15) is 0 Å². The van der Waals surface area contributed by atoms with Gasteiger partial charge in [-0.15, -0.1) is 0 Å². The number of anilines is 1. The van der Waals surface area contributed by atoms with Gasteiger partial charge in [0, 0.05) is 5.69 Å². The Balaban J connectivity index is 2.16. The van der Waals surface area contributed by atoms with Gasteiger partial charge < -0.3 is 5.32 Å². The molecule has 2 aromatic rings. The number of rotatable bonds is 4. The van der Waals surface area contributed by atoms with Crippen LogP contribution in [0.3, 0.4) is 0 Å². The predicted octanol–water partition coefficient (Wildman–Crippen LogP) is 2.72. The summed E-state index contributed by atoms with van der Waals surface area (Å²) in [5.41, 5.74) is 2.48. The zero-order chi connectivity index (χ0) is 15.5. The summed E-state index contributed by atoms with van der Waals surface area (Å²) in [4.78, 5) is 12.2. The lowest BCUT2D eigenvalue weighted by atomic mass is 10.1. The minimum atomic E-state index is -3.62.